The van der Waals surface area contributed by atoms with Gasteiger partial charge in [0.25, 0.3) is 0 Å². The number of esters is 1. The minimum absolute atomic E-state index is 0.0209. The van der Waals surface area contributed by atoms with Crippen molar-refractivity contribution in [2.75, 3.05) is 40.9 Å². The number of nitrogens with zero attached hydrogens (tertiary/aromatic N) is 1. The number of nitrogens with one attached hydrogen (secondary N) is 1. The maximum atomic E-state index is 13.6. The lowest BCUT2D eigenvalue weighted by Crippen LogP contribution is -2.47. The van der Waals surface area contributed by atoms with E-state index in [1.54, 1.807) is 0 Å². The molecule has 0 aromatic heterocycles. The predicted molar refractivity (Wildman–Crippen MR) is 364 cm³/mol. The molecular formula is C74H126N2O7P+. The van der Waals surface area contributed by atoms with Gasteiger partial charge in [-0.2, -0.15) is 0 Å². The Morgan fingerprint density at radius 3 is 1.17 bits per heavy atom. The zero-order valence-electron chi connectivity index (χ0n) is 54.6. The molecule has 3 atom stereocenters. The van der Waals surface area contributed by atoms with Crippen molar-refractivity contribution in [3.05, 3.63) is 146 Å². The molecule has 10 heteroatoms. The number of phosphoric ester groups is 1. The van der Waals surface area contributed by atoms with Crippen molar-refractivity contribution in [1.82, 2.24) is 5.32 Å². The summed E-state index contributed by atoms with van der Waals surface area (Å²) in [5, 5.41) is 3.04. The van der Waals surface area contributed by atoms with Crippen LogP contribution in [0.25, 0.3) is 0 Å². The second kappa shape index (κ2) is 62.0. The van der Waals surface area contributed by atoms with Crippen molar-refractivity contribution < 1.29 is 37.3 Å². The molecule has 9 nitrogen and oxygen atoms in total. The molecule has 0 aromatic carbocycles. The van der Waals surface area contributed by atoms with Crippen molar-refractivity contribution in [2.24, 2.45) is 0 Å². The fourth-order valence-electron chi connectivity index (χ4n) is 8.93. The smallest absolute Gasteiger partial charge is 0.456 e. The fraction of sp³-hybridized carbons (Fsp3) is 0.649. The minimum atomic E-state index is -4.48. The van der Waals surface area contributed by atoms with E-state index in [1.165, 1.54) is 96.3 Å². The van der Waals surface area contributed by atoms with Gasteiger partial charge in [-0.3, -0.25) is 18.6 Å². The Morgan fingerprint density at radius 1 is 0.429 bits per heavy atom. The summed E-state index contributed by atoms with van der Waals surface area (Å²) in [6.45, 7) is 6.72. The molecule has 0 rings (SSSR count). The minimum Gasteiger partial charge on any atom is -0.456 e. The maximum absolute atomic E-state index is 13.6. The van der Waals surface area contributed by atoms with Crippen LogP contribution >= 0.6 is 7.82 Å². The number of carbonyl (C=O) groups is 2. The first kappa shape index (κ1) is 79.9. The van der Waals surface area contributed by atoms with Crippen LogP contribution < -0.4 is 5.32 Å². The largest absolute Gasteiger partial charge is 0.472 e. The molecule has 0 aliphatic carbocycles. The number of allylic oxidation sites excluding steroid dienone is 23. The number of unbranched alkanes of at least 4 members (excludes halogenated alkanes) is 21. The molecule has 0 bridgehead atoms. The van der Waals surface area contributed by atoms with Gasteiger partial charge in [0.1, 0.15) is 19.3 Å². The molecule has 478 valence electrons. The highest BCUT2D eigenvalue weighted by Crippen LogP contribution is 2.43. The molecule has 0 aliphatic rings. The van der Waals surface area contributed by atoms with Crippen LogP contribution in [0.3, 0.4) is 0 Å². The highest BCUT2D eigenvalue weighted by Gasteiger charge is 2.30. The fourth-order valence-corrected chi connectivity index (χ4v) is 9.67. The third-order valence-electron chi connectivity index (χ3n) is 14.0. The summed E-state index contributed by atoms with van der Waals surface area (Å²) < 4.78 is 30.7. The lowest BCUT2D eigenvalue weighted by atomic mass is 10.0. The van der Waals surface area contributed by atoms with Crippen LogP contribution in [0.2, 0.25) is 0 Å². The number of hydrogen-bond acceptors (Lipinski definition) is 6. The van der Waals surface area contributed by atoms with Gasteiger partial charge in [-0.1, -0.05) is 276 Å². The summed E-state index contributed by atoms with van der Waals surface area (Å²) in [4.78, 5) is 37.8. The van der Waals surface area contributed by atoms with Crippen molar-refractivity contribution in [3.8, 4) is 0 Å². The van der Waals surface area contributed by atoms with Crippen LogP contribution in [0, 0.1) is 0 Å². The number of carbonyl (C=O) groups excluding carboxylic acids is 2. The van der Waals surface area contributed by atoms with Gasteiger partial charge < -0.3 is 19.4 Å². The van der Waals surface area contributed by atoms with Gasteiger partial charge >= 0.3 is 13.8 Å². The third-order valence-corrected chi connectivity index (χ3v) is 15.0. The molecule has 0 saturated heterocycles. The van der Waals surface area contributed by atoms with E-state index in [9.17, 15) is 19.0 Å². The third kappa shape index (κ3) is 62.4. The van der Waals surface area contributed by atoms with E-state index in [0.717, 1.165) is 122 Å². The predicted octanol–water partition coefficient (Wildman–Crippen LogP) is 21.4. The average Bonchev–Trinajstić information content (AvgIpc) is 3.65. The molecule has 2 N–H and O–H groups in total. The van der Waals surface area contributed by atoms with Gasteiger partial charge in [-0.25, -0.2) is 4.57 Å². The van der Waals surface area contributed by atoms with Crippen LogP contribution in [0.4, 0.5) is 0 Å². The quantitative estimate of drug-likeness (QED) is 0.0205. The average molecular weight is 1190 g/mol. The van der Waals surface area contributed by atoms with E-state index in [4.69, 9.17) is 13.8 Å². The number of ether oxygens (including phenoxy) is 1. The second-order valence-electron chi connectivity index (χ2n) is 23.2. The standard InChI is InChI=1S/C74H125N2O7P/c1-7-10-13-16-19-22-25-28-30-32-34-35-36-37-38-39-40-41-43-44-46-48-51-54-57-60-63-66-73(77)75-71(70-82-84(79,80)81-69-68-76(4,5)6)72(65-62-59-56-53-50-27-24-21-18-15-12-9-3)83-74(78)67-64-61-58-55-52-49-47-45-42-33-31-29-26-23-20-17-14-11-8-2/h10-11,13-14,19-20,22-23,28-31,34-35,37-38,42,45,49,52,58,61-62,65,71-72H,7-9,12,15-18,21,24-27,32-33,36,39-41,43-44,46-48,50-51,53-57,59-60,63-64,66-70H2,1-6H3,(H-,75,77,79,80)/p+1/b13-10-,14-11-,22-19-,23-20-,30-28-,31-29-,35-34-,38-37-,45-42-,52-49-,61-58-,65-62-. The summed E-state index contributed by atoms with van der Waals surface area (Å²) in [6, 6.07) is -0.892. The molecular weight excluding hydrogens is 1060 g/mol. The summed E-state index contributed by atoms with van der Waals surface area (Å²) in [5.74, 6) is -0.614. The number of hydrogen-bond donors (Lipinski definition) is 2. The highest BCUT2D eigenvalue weighted by molar-refractivity contribution is 7.47. The molecule has 0 spiro atoms. The first-order chi connectivity index (χ1) is 40.9. The lowest BCUT2D eigenvalue weighted by Gasteiger charge is -2.27. The SMILES string of the molecule is CC/C=C\C/C=C\C/C=C\C/C=C\C/C=C\C/C=C\CCC(=O)OC(/C=C\CCCCCCCCCCCC)C(COP(=O)(O)OCC[N+](C)(C)C)NC(=O)CCCCCCCCCCCCC/C=C\C/C=C\C/C=C\C/C=C\C/C=C\CC. The molecule has 84 heavy (non-hydrogen) atoms. The van der Waals surface area contributed by atoms with E-state index in [-0.39, 0.29) is 25.5 Å². The van der Waals surface area contributed by atoms with Crippen molar-refractivity contribution in [3.63, 3.8) is 0 Å². The van der Waals surface area contributed by atoms with E-state index in [2.05, 4.69) is 154 Å². The Hall–Kier alpha value is -4.11. The van der Waals surface area contributed by atoms with E-state index in [0.29, 0.717) is 23.9 Å². The number of amides is 1. The van der Waals surface area contributed by atoms with Gasteiger partial charge in [0.15, 0.2) is 0 Å². The zero-order chi connectivity index (χ0) is 61.4. The number of phosphoric acid groups is 1. The van der Waals surface area contributed by atoms with Crippen LogP contribution in [-0.2, 0) is 27.9 Å². The van der Waals surface area contributed by atoms with Crippen molar-refractivity contribution >= 4 is 19.7 Å². The van der Waals surface area contributed by atoms with Gasteiger partial charge in [0.2, 0.25) is 5.91 Å². The number of likely N-dealkylation sites (N-methyl/N-ethyl adjacent to an activating group) is 1. The van der Waals surface area contributed by atoms with Crippen LogP contribution in [0.1, 0.15) is 258 Å². The van der Waals surface area contributed by atoms with Crippen LogP contribution in [0.15, 0.2) is 146 Å². The normalized spacial score (nSPS) is 14.5. The van der Waals surface area contributed by atoms with E-state index in [1.807, 2.05) is 39.4 Å². The Morgan fingerprint density at radius 2 is 0.774 bits per heavy atom. The summed E-state index contributed by atoms with van der Waals surface area (Å²) in [6.07, 6.45) is 90.1. The van der Waals surface area contributed by atoms with Crippen LogP contribution in [0.5, 0.6) is 0 Å². The van der Waals surface area contributed by atoms with Gasteiger partial charge in [-0.15, -0.1) is 0 Å². The molecule has 0 fully saturated rings. The Bertz CT molecular complexity index is 1950. The molecule has 3 unspecified atom stereocenters. The summed E-state index contributed by atoms with van der Waals surface area (Å²) in [5.41, 5.74) is 0. The van der Waals surface area contributed by atoms with Crippen LogP contribution in [-0.4, -0.2) is 74.3 Å². The highest BCUT2D eigenvalue weighted by atomic mass is 31.2. The van der Waals surface area contributed by atoms with Crippen molar-refractivity contribution in [2.45, 2.75) is 270 Å². The summed E-state index contributed by atoms with van der Waals surface area (Å²) >= 11 is 0. The Labute approximate surface area is 517 Å². The van der Waals surface area contributed by atoms with Gasteiger partial charge in [0.05, 0.1) is 33.8 Å². The first-order valence-corrected chi connectivity index (χ1v) is 35.2. The zero-order valence-corrected chi connectivity index (χ0v) is 55.5. The Balaban J connectivity index is 5.21. The number of quaternary nitrogens is 1. The van der Waals surface area contributed by atoms with Crippen molar-refractivity contribution in [1.29, 1.82) is 0 Å². The molecule has 1 amide bonds. The van der Waals surface area contributed by atoms with Gasteiger partial charge in [0, 0.05) is 12.8 Å². The molecule has 0 aromatic rings. The van der Waals surface area contributed by atoms with E-state index >= 15 is 0 Å². The lowest BCUT2D eigenvalue weighted by molar-refractivity contribution is -0.870. The molecule has 0 heterocycles. The number of rotatable bonds is 59. The Kier molecular flexibility index (Phi) is 58.9. The molecule has 0 saturated carbocycles. The molecule has 0 aliphatic heterocycles. The first-order valence-electron chi connectivity index (χ1n) is 33.7. The summed E-state index contributed by atoms with van der Waals surface area (Å²) in [7, 11) is 1.44. The van der Waals surface area contributed by atoms with E-state index < -0.39 is 25.9 Å². The maximum Gasteiger partial charge on any atom is 0.472 e. The monoisotopic (exact) mass is 1190 g/mol. The molecule has 0 radical (unpaired) electrons. The second-order valence-corrected chi connectivity index (χ2v) is 24.7. The topological polar surface area (TPSA) is 111 Å². The van der Waals surface area contributed by atoms with Gasteiger partial charge in [-0.05, 0) is 115 Å².